The summed E-state index contributed by atoms with van der Waals surface area (Å²) in [6.45, 7) is 0. The van der Waals surface area contributed by atoms with Crippen LogP contribution >= 0.6 is 11.6 Å². The summed E-state index contributed by atoms with van der Waals surface area (Å²) in [6.07, 6.45) is 3.80. The number of anilines is 1. The van der Waals surface area contributed by atoms with Crippen molar-refractivity contribution in [2.45, 2.75) is 6.04 Å². The Morgan fingerprint density at radius 1 is 1.00 bits per heavy atom. The third kappa shape index (κ3) is 2.11. The smallest absolute Gasteiger partial charge is 0.138 e. The number of pyridine rings is 1. The van der Waals surface area contributed by atoms with E-state index in [1.807, 2.05) is 36.7 Å². The molecule has 0 radical (unpaired) electrons. The summed E-state index contributed by atoms with van der Waals surface area (Å²) in [4.78, 5) is 7.73. The number of H-pyrrole nitrogens is 1. The van der Waals surface area contributed by atoms with Gasteiger partial charge in [-0.1, -0.05) is 35.9 Å². The van der Waals surface area contributed by atoms with Crippen LogP contribution < -0.4 is 5.32 Å². The molecule has 1 aliphatic heterocycles. The Kier molecular flexibility index (Phi) is 3.02. The van der Waals surface area contributed by atoms with Crippen LogP contribution in [-0.2, 0) is 0 Å². The lowest BCUT2D eigenvalue weighted by atomic mass is 9.97. The summed E-state index contributed by atoms with van der Waals surface area (Å²) in [5.74, 6) is 0.157. The number of aromatic nitrogens is 2. The number of hydrogen-bond donors (Lipinski definition) is 3. The molecule has 0 spiro atoms. The third-order valence-corrected chi connectivity index (χ3v) is 5.05. The SMILES string of the molecule is Oc1ccc([C@H]2Nc3ccccc3-c3ccnc4[nH]cc2c34)c(Cl)c1. The maximum absolute atomic E-state index is 9.70. The molecule has 4 nitrogen and oxygen atoms in total. The summed E-state index contributed by atoms with van der Waals surface area (Å²) in [7, 11) is 0. The van der Waals surface area contributed by atoms with Gasteiger partial charge in [0.25, 0.3) is 0 Å². The second-order valence-corrected chi connectivity index (χ2v) is 6.56. The predicted octanol–water partition coefficient (Wildman–Crippen LogP) is 5.10. The minimum absolute atomic E-state index is 0.145. The quantitative estimate of drug-likeness (QED) is 0.448. The van der Waals surface area contributed by atoms with E-state index in [0.717, 1.165) is 39.0 Å². The van der Waals surface area contributed by atoms with Gasteiger partial charge in [0.2, 0.25) is 0 Å². The highest BCUT2D eigenvalue weighted by molar-refractivity contribution is 6.31. The normalized spacial score (nSPS) is 15.5. The number of rotatable bonds is 1. The fourth-order valence-corrected chi connectivity index (χ4v) is 3.89. The standard InChI is InChI=1S/C20H14ClN3O/c21-16-9-11(25)5-6-14(16)19-15-10-23-20-18(15)13(7-8-22-20)12-3-1-2-4-17(12)24-19/h1-10,19,24-25H,(H,22,23)/t19-/m1/s1. The Labute approximate surface area is 149 Å². The van der Waals surface area contributed by atoms with Gasteiger partial charge in [0, 0.05) is 39.6 Å². The average molecular weight is 348 g/mol. The zero-order valence-corrected chi connectivity index (χ0v) is 13.9. The predicted molar refractivity (Wildman–Crippen MR) is 100 cm³/mol. The lowest BCUT2D eigenvalue weighted by molar-refractivity contribution is 0.475. The lowest BCUT2D eigenvalue weighted by Crippen LogP contribution is -2.11. The van der Waals surface area contributed by atoms with Crippen molar-refractivity contribution < 1.29 is 5.11 Å². The molecule has 1 aliphatic rings. The first-order valence-electron chi connectivity index (χ1n) is 8.03. The van der Waals surface area contributed by atoms with Crippen molar-refractivity contribution in [3.8, 4) is 16.9 Å². The van der Waals surface area contributed by atoms with E-state index in [1.165, 1.54) is 0 Å². The summed E-state index contributed by atoms with van der Waals surface area (Å²) in [5, 5.41) is 14.9. The van der Waals surface area contributed by atoms with Crippen molar-refractivity contribution >= 4 is 28.3 Å². The van der Waals surface area contributed by atoms with Gasteiger partial charge in [-0.25, -0.2) is 4.98 Å². The largest absolute Gasteiger partial charge is 0.508 e. The molecule has 0 saturated heterocycles. The number of halogens is 1. The summed E-state index contributed by atoms with van der Waals surface area (Å²) < 4.78 is 0. The molecule has 0 aliphatic carbocycles. The van der Waals surface area contributed by atoms with E-state index >= 15 is 0 Å². The fourth-order valence-electron chi connectivity index (χ4n) is 3.61. The highest BCUT2D eigenvalue weighted by atomic mass is 35.5. The molecule has 5 rings (SSSR count). The number of aromatic amines is 1. The van der Waals surface area contributed by atoms with Gasteiger partial charge in [-0.05, 0) is 35.4 Å². The minimum Gasteiger partial charge on any atom is -0.508 e. The molecule has 122 valence electrons. The van der Waals surface area contributed by atoms with Crippen molar-refractivity contribution in [1.82, 2.24) is 9.97 Å². The molecule has 25 heavy (non-hydrogen) atoms. The molecular formula is C20H14ClN3O. The maximum Gasteiger partial charge on any atom is 0.138 e. The van der Waals surface area contributed by atoms with E-state index in [9.17, 15) is 5.11 Å². The summed E-state index contributed by atoms with van der Waals surface area (Å²) in [6, 6.07) is 15.2. The first-order valence-corrected chi connectivity index (χ1v) is 8.40. The lowest BCUT2D eigenvalue weighted by Gasteiger charge is -2.20. The number of hydrogen-bond acceptors (Lipinski definition) is 3. The average Bonchev–Trinajstić information content (AvgIpc) is 2.98. The molecule has 0 bridgehead atoms. The molecule has 2 aromatic carbocycles. The van der Waals surface area contributed by atoms with Crippen LogP contribution in [0.2, 0.25) is 5.02 Å². The summed E-state index contributed by atoms with van der Waals surface area (Å²) >= 11 is 6.45. The molecule has 4 aromatic rings. The fraction of sp³-hybridized carbons (Fsp3) is 0.0500. The van der Waals surface area contributed by atoms with Gasteiger partial charge in [0.15, 0.2) is 0 Å². The second kappa shape index (κ2) is 5.26. The van der Waals surface area contributed by atoms with Crippen molar-refractivity contribution in [2.24, 2.45) is 0 Å². The van der Waals surface area contributed by atoms with Gasteiger partial charge in [0.1, 0.15) is 11.4 Å². The van der Waals surface area contributed by atoms with Crippen LogP contribution in [0.5, 0.6) is 5.75 Å². The van der Waals surface area contributed by atoms with Crippen LogP contribution in [0.25, 0.3) is 22.2 Å². The van der Waals surface area contributed by atoms with Gasteiger partial charge in [-0.15, -0.1) is 0 Å². The van der Waals surface area contributed by atoms with Gasteiger partial charge in [-0.3, -0.25) is 0 Å². The van der Waals surface area contributed by atoms with Gasteiger partial charge in [-0.2, -0.15) is 0 Å². The molecular weight excluding hydrogens is 334 g/mol. The highest BCUT2D eigenvalue weighted by Crippen LogP contribution is 2.44. The minimum atomic E-state index is -0.145. The molecule has 0 saturated carbocycles. The van der Waals surface area contributed by atoms with Gasteiger partial charge in [0.05, 0.1) is 6.04 Å². The number of fused-ring (bicyclic) bond motifs is 2. The first-order chi connectivity index (χ1) is 12.2. The molecule has 0 unspecified atom stereocenters. The van der Waals surface area contributed by atoms with E-state index in [2.05, 4.69) is 27.4 Å². The molecule has 5 heteroatoms. The summed E-state index contributed by atoms with van der Waals surface area (Å²) in [5.41, 5.74) is 6.16. The molecule has 1 atom stereocenters. The third-order valence-electron chi connectivity index (χ3n) is 4.73. The van der Waals surface area contributed by atoms with Crippen LogP contribution in [0.3, 0.4) is 0 Å². The van der Waals surface area contributed by atoms with Crippen LogP contribution in [0, 0.1) is 0 Å². The highest BCUT2D eigenvalue weighted by Gasteiger charge is 2.27. The van der Waals surface area contributed by atoms with Gasteiger partial charge < -0.3 is 15.4 Å². The van der Waals surface area contributed by atoms with Crippen molar-refractivity contribution in [3.05, 3.63) is 77.1 Å². The molecule has 0 fully saturated rings. The number of nitrogens with zero attached hydrogens (tertiary/aromatic N) is 1. The molecule has 3 N–H and O–H groups in total. The second-order valence-electron chi connectivity index (χ2n) is 6.15. The van der Waals surface area contributed by atoms with Gasteiger partial charge >= 0.3 is 0 Å². The Morgan fingerprint density at radius 3 is 2.76 bits per heavy atom. The Morgan fingerprint density at radius 2 is 1.88 bits per heavy atom. The zero-order valence-electron chi connectivity index (χ0n) is 13.1. The van der Waals surface area contributed by atoms with Crippen LogP contribution in [0.1, 0.15) is 17.2 Å². The van der Waals surface area contributed by atoms with E-state index in [0.29, 0.717) is 5.02 Å². The first kappa shape index (κ1) is 14.4. The van der Waals surface area contributed by atoms with Crippen molar-refractivity contribution in [3.63, 3.8) is 0 Å². The number of benzene rings is 2. The Balaban J connectivity index is 1.85. The monoisotopic (exact) mass is 347 g/mol. The number of nitrogens with one attached hydrogen (secondary N) is 2. The number of aromatic hydroxyl groups is 1. The number of phenols is 1. The zero-order chi connectivity index (χ0) is 17.0. The molecule has 3 heterocycles. The van der Waals surface area contributed by atoms with Crippen molar-refractivity contribution in [2.75, 3.05) is 5.32 Å². The van der Waals surface area contributed by atoms with E-state index in [-0.39, 0.29) is 11.8 Å². The van der Waals surface area contributed by atoms with E-state index in [4.69, 9.17) is 11.6 Å². The number of para-hydroxylation sites is 1. The molecule has 2 aromatic heterocycles. The van der Waals surface area contributed by atoms with E-state index < -0.39 is 0 Å². The topological polar surface area (TPSA) is 60.9 Å². The Hall–Kier alpha value is -2.98. The van der Waals surface area contributed by atoms with E-state index in [1.54, 1.807) is 12.1 Å². The number of phenolic OH excluding ortho intramolecular Hbond substituents is 1. The molecule has 0 amide bonds. The Bertz CT molecular complexity index is 1120. The van der Waals surface area contributed by atoms with Crippen molar-refractivity contribution in [1.29, 1.82) is 0 Å². The van der Waals surface area contributed by atoms with Crippen LogP contribution in [0.15, 0.2) is 60.9 Å². The maximum atomic E-state index is 9.70. The van der Waals surface area contributed by atoms with Crippen LogP contribution in [-0.4, -0.2) is 15.1 Å². The van der Waals surface area contributed by atoms with Crippen LogP contribution in [0.4, 0.5) is 5.69 Å².